The van der Waals surface area contributed by atoms with Crippen LogP contribution in [0.1, 0.15) is 0 Å². The van der Waals surface area contributed by atoms with Gasteiger partial charge in [-0.25, -0.2) is 4.98 Å². The van der Waals surface area contributed by atoms with Crippen molar-refractivity contribution in [2.24, 2.45) is 0 Å². The smallest absolute Gasteiger partial charge is 0.145 e. The third-order valence-corrected chi connectivity index (χ3v) is 10.3. The molecular formula is C41H25N3S. The van der Waals surface area contributed by atoms with Crippen LogP contribution in [0.2, 0.25) is 0 Å². The predicted octanol–water partition coefficient (Wildman–Crippen LogP) is 11.3. The molecule has 0 saturated heterocycles. The molecule has 0 aliphatic rings. The van der Waals surface area contributed by atoms with E-state index in [1.807, 2.05) is 23.6 Å². The lowest BCUT2D eigenvalue weighted by Crippen LogP contribution is -1.95. The molecule has 4 heterocycles. The zero-order valence-corrected chi connectivity index (χ0v) is 25.0. The summed E-state index contributed by atoms with van der Waals surface area (Å²) in [6.45, 7) is 0. The minimum absolute atomic E-state index is 0.979. The van der Waals surface area contributed by atoms with Gasteiger partial charge < -0.3 is 4.57 Å². The monoisotopic (exact) mass is 591 g/mol. The molecule has 0 aliphatic carbocycles. The molecule has 0 atom stereocenters. The molecule has 0 unspecified atom stereocenters. The molecule has 0 spiro atoms. The molecule has 4 heteroatoms. The van der Waals surface area contributed by atoms with Gasteiger partial charge in [-0.2, -0.15) is 0 Å². The number of pyridine rings is 1. The van der Waals surface area contributed by atoms with Gasteiger partial charge in [0.05, 0.1) is 16.6 Å². The Bertz CT molecular complexity index is 2710. The molecule has 6 aromatic carbocycles. The van der Waals surface area contributed by atoms with Crippen LogP contribution in [0.5, 0.6) is 0 Å². The Hall–Kier alpha value is -5.71. The van der Waals surface area contributed by atoms with Crippen molar-refractivity contribution in [1.29, 1.82) is 0 Å². The molecule has 4 aromatic heterocycles. The minimum Gasteiger partial charge on any atom is -0.309 e. The Kier molecular flexibility index (Phi) is 5.16. The van der Waals surface area contributed by atoms with E-state index >= 15 is 0 Å². The van der Waals surface area contributed by atoms with Gasteiger partial charge in [0.2, 0.25) is 0 Å². The van der Waals surface area contributed by atoms with E-state index in [1.54, 1.807) is 0 Å². The van der Waals surface area contributed by atoms with Gasteiger partial charge in [-0.05, 0) is 77.9 Å². The van der Waals surface area contributed by atoms with Gasteiger partial charge in [0.25, 0.3) is 0 Å². The SMILES string of the molecule is c1ccc2c(c1)sc1ccc(-n3c4ccccc4c4ccc(-c5ccc(-n6c7ccccc7c7cccnc76)cc5)cc43)cc12. The Morgan fingerprint density at radius 2 is 1.02 bits per heavy atom. The zero-order chi connectivity index (χ0) is 29.5. The average Bonchev–Trinajstić information content (AvgIpc) is 3.75. The van der Waals surface area contributed by atoms with Crippen molar-refractivity contribution >= 4 is 75.3 Å². The number of benzene rings is 6. The van der Waals surface area contributed by atoms with E-state index in [2.05, 4.69) is 149 Å². The molecule has 10 aromatic rings. The van der Waals surface area contributed by atoms with Gasteiger partial charge in [0, 0.05) is 59.3 Å². The first-order valence-corrected chi connectivity index (χ1v) is 16.0. The van der Waals surface area contributed by atoms with Crippen LogP contribution in [0, 0.1) is 0 Å². The average molecular weight is 592 g/mol. The van der Waals surface area contributed by atoms with Gasteiger partial charge in [-0.15, -0.1) is 11.3 Å². The number of hydrogen-bond acceptors (Lipinski definition) is 2. The van der Waals surface area contributed by atoms with Crippen LogP contribution in [-0.4, -0.2) is 14.1 Å². The van der Waals surface area contributed by atoms with E-state index in [4.69, 9.17) is 4.98 Å². The topological polar surface area (TPSA) is 22.8 Å². The third kappa shape index (κ3) is 3.60. The highest BCUT2D eigenvalue weighted by atomic mass is 32.1. The van der Waals surface area contributed by atoms with Gasteiger partial charge in [-0.3, -0.25) is 4.57 Å². The standard InChI is InChI=1S/C41H25N3S/c1-4-12-36-30(8-1)32-21-17-27(24-38(32)43(36)29-20-22-40-35(25-29)33-10-3-6-14-39(33)45-40)26-15-18-28(19-16-26)44-37-13-5-2-9-31(37)34-11-7-23-42-41(34)44/h1-25H. The summed E-state index contributed by atoms with van der Waals surface area (Å²) in [6.07, 6.45) is 1.87. The number of fused-ring (bicyclic) bond motifs is 9. The molecular weight excluding hydrogens is 567 g/mol. The summed E-state index contributed by atoms with van der Waals surface area (Å²) in [6, 6.07) is 52.9. The predicted molar refractivity (Wildman–Crippen MR) is 191 cm³/mol. The highest BCUT2D eigenvalue weighted by Crippen LogP contribution is 2.39. The summed E-state index contributed by atoms with van der Waals surface area (Å²) < 4.78 is 7.34. The van der Waals surface area contributed by atoms with Crippen molar-refractivity contribution < 1.29 is 0 Å². The number of aromatic nitrogens is 3. The van der Waals surface area contributed by atoms with Gasteiger partial charge in [0.1, 0.15) is 5.65 Å². The van der Waals surface area contributed by atoms with Gasteiger partial charge in [-0.1, -0.05) is 78.9 Å². The van der Waals surface area contributed by atoms with Crippen molar-refractivity contribution in [3.63, 3.8) is 0 Å². The maximum atomic E-state index is 4.76. The molecule has 0 bridgehead atoms. The van der Waals surface area contributed by atoms with E-state index < -0.39 is 0 Å². The summed E-state index contributed by atoms with van der Waals surface area (Å²) in [4.78, 5) is 4.76. The number of nitrogens with zero attached hydrogens (tertiary/aromatic N) is 3. The fourth-order valence-electron chi connectivity index (χ4n) is 7.14. The molecule has 0 aliphatic heterocycles. The maximum absolute atomic E-state index is 4.76. The lowest BCUT2D eigenvalue weighted by atomic mass is 10.0. The molecule has 0 fully saturated rings. The van der Waals surface area contributed by atoms with Crippen LogP contribution in [-0.2, 0) is 0 Å². The van der Waals surface area contributed by atoms with Crippen molar-refractivity contribution in [2.45, 2.75) is 0 Å². The molecule has 210 valence electrons. The second-order valence-electron chi connectivity index (χ2n) is 11.6. The van der Waals surface area contributed by atoms with E-state index in [1.165, 1.54) is 75.1 Å². The summed E-state index contributed by atoms with van der Waals surface area (Å²) >= 11 is 1.86. The first kappa shape index (κ1) is 24.7. The van der Waals surface area contributed by atoms with Crippen molar-refractivity contribution in [3.8, 4) is 22.5 Å². The Morgan fingerprint density at radius 1 is 0.400 bits per heavy atom. The summed E-state index contributed by atoms with van der Waals surface area (Å²) in [5.74, 6) is 0. The highest BCUT2D eigenvalue weighted by Gasteiger charge is 2.16. The number of para-hydroxylation sites is 2. The molecule has 3 nitrogen and oxygen atoms in total. The van der Waals surface area contributed by atoms with Crippen LogP contribution in [0.15, 0.2) is 152 Å². The second-order valence-corrected chi connectivity index (χ2v) is 12.7. The first-order valence-electron chi connectivity index (χ1n) is 15.2. The molecule has 0 saturated carbocycles. The zero-order valence-electron chi connectivity index (χ0n) is 24.2. The highest BCUT2D eigenvalue weighted by molar-refractivity contribution is 7.25. The van der Waals surface area contributed by atoms with Gasteiger partial charge in [0.15, 0.2) is 0 Å². The summed E-state index contributed by atoms with van der Waals surface area (Å²) in [7, 11) is 0. The van der Waals surface area contributed by atoms with Crippen LogP contribution < -0.4 is 0 Å². The van der Waals surface area contributed by atoms with E-state index in [0.717, 1.165) is 11.3 Å². The molecule has 10 rings (SSSR count). The fourth-order valence-corrected chi connectivity index (χ4v) is 8.23. The van der Waals surface area contributed by atoms with Gasteiger partial charge >= 0.3 is 0 Å². The lowest BCUT2D eigenvalue weighted by molar-refractivity contribution is 1.14. The van der Waals surface area contributed by atoms with Crippen LogP contribution in [0.4, 0.5) is 0 Å². The Labute approximate surface area is 262 Å². The van der Waals surface area contributed by atoms with E-state index in [0.29, 0.717) is 0 Å². The largest absolute Gasteiger partial charge is 0.309 e. The van der Waals surface area contributed by atoms with Crippen LogP contribution in [0.25, 0.3) is 86.4 Å². The normalized spacial score (nSPS) is 12.0. The fraction of sp³-hybridized carbons (Fsp3) is 0. The third-order valence-electron chi connectivity index (χ3n) is 9.18. The number of thiophene rings is 1. The quantitative estimate of drug-likeness (QED) is 0.200. The van der Waals surface area contributed by atoms with E-state index in [9.17, 15) is 0 Å². The van der Waals surface area contributed by atoms with Crippen LogP contribution in [0.3, 0.4) is 0 Å². The van der Waals surface area contributed by atoms with Crippen molar-refractivity contribution in [3.05, 3.63) is 152 Å². The molecule has 0 amide bonds. The molecule has 0 radical (unpaired) electrons. The molecule has 45 heavy (non-hydrogen) atoms. The summed E-state index contributed by atoms with van der Waals surface area (Å²) in [5.41, 5.74) is 9.25. The number of rotatable bonds is 3. The summed E-state index contributed by atoms with van der Waals surface area (Å²) in [5, 5.41) is 7.55. The number of hydrogen-bond donors (Lipinski definition) is 0. The molecule has 0 N–H and O–H groups in total. The van der Waals surface area contributed by atoms with Crippen molar-refractivity contribution in [1.82, 2.24) is 14.1 Å². The van der Waals surface area contributed by atoms with E-state index in [-0.39, 0.29) is 0 Å². The maximum Gasteiger partial charge on any atom is 0.145 e. The lowest BCUT2D eigenvalue weighted by Gasteiger charge is -2.11. The Morgan fingerprint density at radius 3 is 1.87 bits per heavy atom. The Balaban J connectivity index is 1.14. The second kappa shape index (κ2) is 9.39. The van der Waals surface area contributed by atoms with Crippen molar-refractivity contribution in [2.75, 3.05) is 0 Å². The first-order chi connectivity index (χ1) is 22.3. The van der Waals surface area contributed by atoms with Crippen LogP contribution >= 0.6 is 11.3 Å². The minimum atomic E-state index is 0.979.